The maximum Gasteiger partial charge on any atom is 0.356 e. The summed E-state index contributed by atoms with van der Waals surface area (Å²) in [5, 5.41) is 3.23. The van der Waals surface area contributed by atoms with Crippen molar-refractivity contribution in [2.45, 2.75) is 19.8 Å². The topological polar surface area (TPSA) is 69.6 Å². The molecule has 0 radical (unpaired) electrons. The van der Waals surface area contributed by atoms with Gasteiger partial charge in [-0.05, 0) is 30.7 Å². The van der Waals surface area contributed by atoms with Crippen molar-refractivity contribution in [3.8, 4) is 0 Å². The molecule has 0 aliphatic rings. The molecule has 0 amide bonds. The fraction of sp³-hybridized carbons (Fsp3) is 0.400. The van der Waals surface area contributed by atoms with Gasteiger partial charge in [0.25, 0.3) is 0 Å². The highest BCUT2D eigenvalue weighted by molar-refractivity contribution is 7.60. The summed E-state index contributed by atoms with van der Waals surface area (Å²) in [6.07, 6.45) is 2.20. The highest BCUT2D eigenvalue weighted by Crippen LogP contribution is 2.33. The summed E-state index contributed by atoms with van der Waals surface area (Å²) < 4.78 is 10.9. The fourth-order valence-corrected chi connectivity index (χ4v) is 1.72. The van der Waals surface area contributed by atoms with Crippen molar-refractivity contribution in [2.24, 2.45) is 0 Å². The lowest BCUT2D eigenvalue weighted by Crippen LogP contribution is -2.05. The van der Waals surface area contributed by atoms with Gasteiger partial charge in [0.1, 0.15) is 0 Å². The number of anilines is 1. The summed E-state index contributed by atoms with van der Waals surface area (Å²) in [5.74, 6) is 0. The Kier molecular flexibility index (Phi) is 4.33. The number of hydrogen-bond donors (Lipinski definition) is 3. The van der Waals surface area contributed by atoms with Crippen LogP contribution in [0.3, 0.4) is 0 Å². The molecule has 0 aromatic heterocycles. The van der Waals surface area contributed by atoms with Crippen molar-refractivity contribution in [1.82, 2.24) is 0 Å². The molecule has 84 valence electrons. The summed E-state index contributed by atoms with van der Waals surface area (Å²) in [6.45, 7) is 2.99. The lowest BCUT2D eigenvalue weighted by Gasteiger charge is -2.07. The van der Waals surface area contributed by atoms with Crippen molar-refractivity contribution in [2.75, 3.05) is 11.9 Å². The Morgan fingerprint density at radius 3 is 2.33 bits per heavy atom. The van der Waals surface area contributed by atoms with Gasteiger partial charge in [-0.15, -0.1) is 0 Å². The second kappa shape index (κ2) is 5.31. The Morgan fingerprint density at radius 1 is 1.27 bits per heavy atom. The van der Waals surface area contributed by atoms with Gasteiger partial charge in [0.2, 0.25) is 0 Å². The minimum Gasteiger partial charge on any atom is -0.385 e. The molecule has 3 N–H and O–H groups in total. The van der Waals surface area contributed by atoms with Crippen molar-refractivity contribution >= 4 is 18.6 Å². The van der Waals surface area contributed by atoms with E-state index >= 15 is 0 Å². The zero-order valence-electron chi connectivity index (χ0n) is 8.68. The molecular formula is C10H16NO3P. The standard InChI is InChI=1S/C10H16NO3P/c1-2-3-8-11-9-4-6-10(7-5-9)15(12,13)14/h4-7,11H,2-3,8H2,1H3,(H2,12,13,14). The number of rotatable bonds is 5. The Hall–Kier alpha value is -0.830. The van der Waals surface area contributed by atoms with Crippen LogP contribution in [0.2, 0.25) is 0 Å². The number of unbranched alkanes of at least 4 members (excludes halogenated alkanes) is 1. The summed E-state index contributed by atoms with van der Waals surface area (Å²) >= 11 is 0. The maximum atomic E-state index is 10.9. The van der Waals surface area contributed by atoms with Gasteiger partial charge in [-0.1, -0.05) is 13.3 Å². The van der Waals surface area contributed by atoms with Gasteiger partial charge >= 0.3 is 7.60 Å². The minimum atomic E-state index is -4.10. The van der Waals surface area contributed by atoms with Gasteiger partial charge in [-0.25, -0.2) is 0 Å². The van der Waals surface area contributed by atoms with E-state index in [4.69, 9.17) is 9.79 Å². The number of benzene rings is 1. The van der Waals surface area contributed by atoms with Crippen molar-refractivity contribution in [3.05, 3.63) is 24.3 Å². The minimum absolute atomic E-state index is 0.0588. The molecule has 0 spiro atoms. The Bertz CT molecular complexity index is 344. The van der Waals surface area contributed by atoms with Crippen molar-refractivity contribution in [3.63, 3.8) is 0 Å². The Balaban J connectivity index is 2.61. The lowest BCUT2D eigenvalue weighted by atomic mass is 10.3. The first-order chi connectivity index (χ1) is 7.04. The lowest BCUT2D eigenvalue weighted by molar-refractivity contribution is 0.387. The van der Waals surface area contributed by atoms with Crippen LogP contribution in [0.25, 0.3) is 0 Å². The molecule has 1 rings (SSSR count). The normalized spacial score (nSPS) is 11.4. The number of hydrogen-bond acceptors (Lipinski definition) is 2. The molecule has 15 heavy (non-hydrogen) atoms. The third-order valence-electron chi connectivity index (χ3n) is 2.06. The van der Waals surface area contributed by atoms with E-state index < -0.39 is 7.60 Å². The van der Waals surface area contributed by atoms with E-state index in [2.05, 4.69) is 12.2 Å². The average Bonchev–Trinajstić information content (AvgIpc) is 2.18. The van der Waals surface area contributed by atoms with Crippen LogP contribution in [-0.4, -0.2) is 16.3 Å². The van der Waals surface area contributed by atoms with Crippen LogP contribution in [-0.2, 0) is 4.57 Å². The molecule has 0 heterocycles. The Morgan fingerprint density at radius 2 is 1.87 bits per heavy atom. The van der Waals surface area contributed by atoms with Crippen LogP contribution >= 0.6 is 7.60 Å². The molecule has 0 aliphatic heterocycles. The molecule has 5 heteroatoms. The van der Waals surface area contributed by atoms with Crippen LogP contribution in [0.1, 0.15) is 19.8 Å². The molecule has 0 saturated carbocycles. The first-order valence-electron chi connectivity index (χ1n) is 4.94. The van der Waals surface area contributed by atoms with E-state index in [-0.39, 0.29) is 5.30 Å². The van der Waals surface area contributed by atoms with Crippen LogP contribution in [0.4, 0.5) is 5.69 Å². The molecule has 1 aromatic rings. The summed E-state index contributed by atoms with van der Waals surface area (Å²) in [7, 11) is -4.10. The van der Waals surface area contributed by atoms with Crippen LogP contribution < -0.4 is 10.6 Å². The first kappa shape index (κ1) is 12.2. The van der Waals surface area contributed by atoms with E-state index in [1.165, 1.54) is 12.1 Å². The van der Waals surface area contributed by atoms with Gasteiger partial charge in [-0.3, -0.25) is 4.57 Å². The molecule has 1 aromatic carbocycles. The zero-order chi connectivity index (χ0) is 11.3. The van der Waals surface area contributed by atoms with Crippen molar-refractivity contribution in [1.29, 1.82) is 0 Å². The molecule has 0 bridgehead atoms. The molecule has 0 saturated heterocycles. The van der Waals surface area contributed by atoms with Crippen LogP contribution in [0.15, 0.2) is 24.3 Å². The SMILES string of the molecule is CCCCNc1ccc(P(=O)(O)O)cc1. The van der Waals surface area contributed by atoms with Gasteiger partial charge in [-0.2, -0.15) is 0 Å². The largest absolute Gasteiger partial charge is 0.385 e. The van der Waals surface area contributed by atoms with E-state index in [0.717, 1.165) is 25.1 Å². The van der Waals surface area contributed by atoms with Crippen LogP contribution in [0.5, 0.6) is 0 Å². The smallest absolute Gasteiger partial charge is 0.356 e. The van der Waals surface area contributed by atoms with E-state index in [1.807, 2.05) is 0 Å². The fourth-order valence-electron chi connectivity index (χ4n) is 1.18. The highest BCUT2D eigenvalue weighted by Gasteiger charge is 2.15. The predicted molar refractivity (Wildman–Crippen MR) is 61.5 cm³/mol. The van der Waals surface area contributed by atoms with E-state index in [1.54, 1.807) is 12.1 Å². The molecular weight excluding hydrogens is 213 g/mol. The first-order valence-corrected chi connectivity index (χ1v) is 6.55. The molecule has 0 aliphatic carbocycles. The van der Waals surface area contributed by atoms with E-state index in [0.29, 0.717) is 0 Å². The summed E-state index contributed by atoms with van der Waals surface area (Å²) in [5.41, 5.74) is 0.889. The average molecular weight is 229 g/mol. The molecule has 0 fully saturated rings. The maximum absolute atomic E-state index is 10.9. The van der Waals surface area contributed by atoms with Gasteiger partial charge in [0.05, 0.1) is 5.30 Å². The third-order valence-corrected chi connectivity index (χ3v) is 3.03. The highest BCUT2D eigenvalue weighted by atomic mass is 31.2. The van der Waals surface area contributed by atoms with Crippen LogP contribution in [0, 0.1) is 0 Å². The zero-order valence-corrected chi connectivity index (χ0v) is 9.58. The quantitative estimate of drug-likeness (QED) is 0.531. The van der Waals surface area contributed by atoms with Gasteiger partial charge < -0.3 is 15.1 Å². The number of nitrogens with one attached hydrogen (secondary N) is 1. The third kappa shape index (κ3) is 4.04. The molecule has 0 unspecified atom stereocenters. The van der Waals surface area contributed by atoms with Crippen molar-refractivity contribution < 1.29 is 14.4 Å². The summed E-state index contributed by atoms with van der Waals surface area (Å²) in [4.78, 5) is 17.8. The predicted octanol–water partition coefficient (Wildman–Crippen LogP) is 1.70. The molecule has 4 nitrogen and oxygen atoms in total. The monoisotopic (exact) mass is 229 g/mol. The van der Waals surface area contributed by atoms with E-state index in [9.17, 15) is 4.57 Å². The van der Waals surface area contributed by atoms with Gasteiger partial charge in [0.15, 0.2) is 0 Å². The summed E-state index contributed by atoms with van der Waals surface area (Å²) in [6, 6.07) is 6.28. The second-order valence-corrected chi connectivity index (χ2v) is 4.98. The second-order valence-electron chi connectivity index (χ2n) is 3.37. The van der Waals surface area contributed by atoms with Gasteiger partial charge in [0, 0.05) is 12.2 Å². The molecule has 0 atom stereocenters. The Labute approximate surface area is 89.5 Å².